The van der Waals surface area contributed by atoms with Crippen molar-refractivity contribution in [1.82, 2.24) is 4.31 Å². The van der Waals surface area contributed by atoms with Gasteiger partial charge in [0.2, 0.25) is 21.8 Å². The number of carbonyl (C=O) groups excluding carboxylic acids is 2. The molecule has 1 aliphatic rings. The summed E-state index contributed by atoms with van der Waals surface area (Å²) in [6.07, 6.45) is -0.0194. The quantitative estimate of drug-likeness (QED) is 0.777. The van der Waals surface area contributed by atoms with E-state index < -0.39 is 15.3 Å². The molecule has 2 aromatic rings. The van der Waals surface area contributed by atoms with Crippen LogP contribution >= 0.6 is 11.8 Å². The molecule has 28 heavy (non-hydrogen) atoms. The molecule has 2 aromatic carbocycles. The van der Waals surface area contributed by atoms with E-state index in [4.69, 9.17) is 0 Å². The summed E-state index contributed by atoms with van der Waals surface area (Å²) in [7, 11) is -0.711. The Labute approximate surface area is 168 Å². The van der Waals surface area contributed by atoms with Crippen molar-refractivity contribution in [2.45, 2.75) is 28.4 Å². The van der Waals surface area contributed by atoms with Crippen LogP contribution in [-0.4, -0.2) is 43.9 Å². The molecule has 0 spiro atoms. The van der Waals surface area contributed by atoms with Crippen LogP contribution in [0, 0.1) is 6.92 Å². The van der Waals surface area contributed by atoms with Crippen LogP contribution in [0.3, 0.4) is 0 Å². The Balaban J connectivity index is 1.73. The third-order valence-electron chi connectivity index (χ3n) is 4.31. The number of rotatable bonds is 5. The van der Waals surface area contributed by atoms with E-state index in [1.54, 1.807) is 19.1 Å². The van der Waals surface area contributed by atoms with E-state index in [9.17, 15) is 18.0 Å². The largest absolute Gasteiger partial charge is 0.326 e. The molecule has 0 radical (unpaired) electrons. The average molecular weight is 420 g/mol. The van der Waals surface area contributed by atoms with E-state index in [0.29, 0.717) is 11.3 Å². The normalized spacial score (nSPS) is 16.4. The van der Waals surface area contributed by atoms with Crippen LogP contribution in [0.4, 0.5) is 11.4 Å². The van der Waals surface area contributed by atoms with Gasteiger partial charge in [-0.3, -0.25) is 9.59 Å². The summed E-state index contributed by atoms with van der Waals surface area (Å²) in [6, 6.07) is 12.1. The third kappa shape index (κ3) is 4.21. The SMILES string of the molecule is Cc1ccc(NC(=O)CC2Sc3ccccc3NC2=O)cc1S(=O)(=O)N(C)C. The van der Waals surface area contributed by atoms with Gasteiger partial charge >= 0.3 is 0 Å². The first-order valence-corrected chi connectivity index (χ1v) is 10.9. The van der Waals surface area contributed by atoms with Gasteiger partial charge in [0, 0.05) is 31.1 Å². The van der Waals surface area contributed by atoms with Gasteiger partial charge in [0.05, 0.1) is 15.8 Å². The number of amides is 2. The molecule has 0 saturated heterocycles. The number of nitrogens with zero attached hydrogens (tertiary/aromatic N) is 1. The van der Waals surface area contributed by atoms with Gasteiger partial charge in [0.25, 0.3) is 0 Å². The van der Waals surface area contributed by atoms with Crippen molar-refractivity contribution in [1.29, 1.82) is 0 Å². The first kappa shape index (κ1) is 20.4. The summed E-state index contributed by atoms with van der Waals surface area (Å²) in [4.78, 5) is 25.8. The number of fused-ring (bicyclic) bond motifs is 1. The van der Waals surface area contributed by atoms with E-state index in [1.807, 2.05) is 24.3 Å². The standard InChI is InChI=1S/C19H21N3O4S2/c1-12-8-9-13(10-17(12)28(25,26)22(2)3)20-18(23)11-16-19(24)21-14-6-4-5-7-15(14)27-16/h4-10,16H,11H2,1-3H3,(H,20,23)(H,21,24). The summed E-state index contributed by atoms with van der Waals surface area (Å²) < 4.78 is 26.0. The van der Waals surface area contributed by atoms with Gasteiger partial charge in [-0.15, -0.1) is 11.8 Å². The number of para-hydroxylation sites is 1. The summed E-state index contributed by atoms with van der Waals surface area (Å²) in [5, 5.41) is 4.95. The number of sulfonamides is 1. The number of thioether (sulfide) groups is 1. The first-order valence-electron chi connectivity index (χ1n) is 8.58. The molecule has 0 aliphatic carbocycles. The third-order valence-corrected chi connectivity index (χ3v) is 7.54. The van der Waals surface area contributed by atoms with E-state index >= 15 is 0 Å². The fourth-order valence-corrected chi connectivity index (χ4v) is 5.01. The number of benzene rings is 2. The average Bonchev–Trinajstić information content (AvgIpc) is 2.63. The first-order chi connectivity index (χ1) is 13.2. The molecule has 9 heteroatoms. The van der Waals surface area contributed by atoms with Gasteiger partial charge in [0.15, 0.2) is 0 Å². The number of nitrogens with one attached hydrogen (secondary N) is 2. The fourth-order valence-electron chi connectivity index (χ4n) is 2.76. The molecule has 3 rings (SSSR count). The maximum absolute atomic E-state index is 12.5. The molecule has 1 atom stereocenters. The second kappa shape index (κ2) is 7.94. The zero-order chi connectivity index (χ0) is 20.5. The Morgan fingerprint density at radius 3 is 2.64 bits per heavy atom. The maximum Gasteiger partial charge on any atom is 0.242 e. The van der Waals surface area contributed by atoms with Crippen molar-refractivity contribution in [3.05, 3.63) is 48.0 Å². The van der Waals surface area contributed by atoms with Gasteiger partial charge in [-0.2, -0.15) is 0 Å². The molecule has 0 aromatic heterocycles. The number of aryl methyl sites for hydroxylation is 1. The number of anilines is 2. The van der Waals surface area contributed by atoms with Gasteiger partial charge < -0.3 is 10.6 Å². The molecule has 1 aliphatic heterocycles. The molecule has 2 amide bonds. The number of hydrogen-bond donors (Lipinski definition) is 2. The van der Waals surface area contributed by atoms with Gasteiger partial charge in [-0.1, -0.05) is 18.2 Å². The zero-order valence-electron chi connectivity index (χ0n) is 15.7. The molecule has 0 bridgehead atoms. The van der Waals surface area contributed by atoms with Gasteiger partial charge in [0.1, 0.15) is 0 Å². The van der Waals surface area contributed by atoms with E-state index in [0.717, 1.165) is 14.9 Å². The van der Waals surface area contributed by atoms with Crippen LogP contribution in [0.25, 0.3) is 0 Å². The Bertz CT molecular complexity index is 1040. The van der Waals surface area contributed by atoms with Crippen LogP contribution in [0.5, 0.6) is 0 Å². The minimum Gasteiger partial charge on any atom is -0.326 e. The summed E-state index contributed by atoms with van der Waals surface area (Å²) in [5.41, 5.74) is 1.70. The molecule has 7 nitrogen and oxygen atoms in total. The van der Waals surface area contributed by atoms with Crippen LogP contribution in [0.1, 0.15) is 12.0 Å². The maximum atomic E-state index is 12.5. The zero-order valence-corrected chi connectivity index (χ0v) is 17.4. The molecular formula is C19H21N3O4S2. The van der Waals surface area contributed by atoms with Crippen molar-refractivity contribution in [3.8, 4) is 0 Å². The molecular weight excluding hydrogens is 398 g/mol. The highest BCUT2D eigenvalue weighted by molar-refractivity contribution is 8.01. The van der Waals surface area contributed by atoms with E-state index in [-0.39, 0.29) is 23.1 Å². The van der Waals surface area contributed by atoms with Crippen LogP contribution in [0.15, 0.2) is 52.3 Å². The van der Waals surface area contributed by atoms with Crippen LogP contribution in [0.2, 0.25) is 0 Å². The molecule has 2 N–H and O–H groups in total. The second-order valence-electron chi connectivity index (χ2n) is 6.61. The number of hydrogen-bond acceptors (Lipinski definition) is 5. The molecule has 0 saturated carbocycles. The van der Waals surface area contributed by atoms with E-state index in [2.05, 4.69) is 10.6 Å². The van der Waals surface area contributed by atoms with Crippen molar-refractivity contribution in [3.63, 3.8) is 0 Å². The number of carbonyl (C=O) groups is 2. The van der Waals surface area contributed by atoms with E-state index in [1.165, 1.54) is 31.9 Å². The highest BCUT2D eigenvalue weighted by Crippen LogP contribution is 2.36. The lowest BCUT2D eigenvalue weighted by Gasteiger charge is -2.23. The Morgan fingerprint density at radius 2 is 1.93 bits per heavy atom. The van der Waals surface area contributed by atoms with Crippen molar-refractivity contribution in [2.75, 3.05) is 24.7 Å². The molecule has 0 fully saturated rings. The van der Waals surface area contributed by atoms with Crippen LogP contribution < -0.4 is 10.6 Å². The Morgan fingerprint density at radius 1 is 1.21 bits per heavy atom. The Kier molecular flexibility index (Phi) is 5.78. The molecule has 1 heterocycles. The minimum absolute atomic E-state index is 0.0194. The van der Waals surface area contributed by atoms with Crippen molar-refractivity contribution >= 4 is 45.0 Å². The second-order valence-corrected chi connectivity index (χ2v) is 9.98. The predicted molar refractivity (Wildman–Crippen MR) is 110 cm³/mol. The summed E-state index contributed by atoms with van der Waals surface area (Å²) in [5.74, 6) is -0.581. The summed E-state index contributed by atoms with van der Waals surface area (Å²) >= 11 is 1.34. The summed E-state index contributed by atoms with van der Waals surface area (Å²) in [6.45, 7) is 1.70. The molecule has 1 unspecified atom stereocenters. The highest BCUT2D eigenvalue weighted by Gasteiger charge is 2.29. The van der Waals surface area contributed by atoms with Crippen LogP contribution in [-0.2, 0) is 19.6 Å². The molecule has 148 valence electrons. The Hall–Kier alpha value is -2.36. The predicted octanol–water partition coefficient (Wildman–Crippen LogP) is 2.69. The van der Waals surface area contributed by atoms with Crippen molar-refractivity contribution in [2.24, 2.45) is 0 Å². The van der Waals surface area contributed by atoms with Gasteiger partial charge in [-0.05, 0) is 36.8 Å². The fraction of sp³-hybridized carbons (Fsp3) is 0.263. The highest BCUT2D eigenvalue weighted by atomic mass is 32.2. The van der Waals surface area contributed by atoms with Gasteiger partial charge in [-0.25, -0.2) is 12.7 Å². The lowest BCUT2D eigenvalue weighted by molar-refractivity contribution is -0.120. The lowest BCUT2D eigenvalue weighted by Crippen LogP contribution is -2.32. The minimum atomic E-state index is -3.62. The van der Waals surface area contributed by atoms with Crippen molar-refractivity contribution < 1.29 is 18.0 Å². The smallest absolute Gasteiger partial charge is 0.242 e. The monoisotopic (exact) mass is 419 g/mol. The topological polar surface area (TPSA) is 95.6 Å². The lowest BCUT2D eigenvalue weighted by atomic mass is 10.2.